The van der Waals surface area contributed by atoms with Gasteiger partial charge in [-0.15, -0.1) is 0 Å². The summed E-state index contributed by atoms with van der Waals surface area (Å²) in [5.74, 6) is -1.22. The van der Waals surface area contributed by atoms with Crippen LogP contribution in [0.15, 0.2) is 11.3 Å². The fraction of sp³-hybridized carbons (Fsp3) is 0.778. The molecule has 0 saturated heterocycles. The highest BCUT2D eigenvalue weighted by Crippen LogP contribution is 2.21. The van der Waals surface area contributed by atoms with Crippen molar-refractivity contribution >= 4 is 11.9 Å². The summed E-state index contributed by atoms with van der Waals surface area (Å²) in [6, 6.07) is 0. The normalized spacial score (nSPS) is 18.3. The minimum atomic E-state index is -0.624. The second-order valence-corrected chi connectivity index (χ2v) is 7.03. The summed E-state index contributed by atoms with van der Waals surface area (Å²) >= 11 is 0. The van der Waals surface area contributed by atoms with E-state index < -0.39 is 17.5 Å². The van der Waals surface area contributed by atoms with Crippen LogP contribution < -0.4 is 0 Å². The van der Waals surface area contributed by atoms with Gasteiger partial charge in [0.05, 0.1) is 12.7 Å². The van der Waals surface area contributed by atoms with Crippen LogP contribution in [0.1, 0.15) is 72.6 Å². The van der Waals surface area contributed by atoms with E-state index in [-0.39, 0.29) is 17.4 Å². The Hall–Kier alpha value is -1.52. The SMILES string of the molecule is CO/C(C(=O)OC1CCCCCCC1)=C(/C)C(=O)OC(C)(C)C. The lowest BCUT2D eigenvalue weighted by atomic mass is 9.98. The molecular formula is C18H30O5. The molecule has 132 valence electrons. The Morgan fingerprint density at radius 2 is 1.43 bits per heavy atom. The summed E-state index contributed by atoms with van der Waals surface area (Å²) in [7, 11) is 1.36. The Bertz CT molecular complexity index is 437. The number of carbonyl (C=O) groups excluding carboxylic acids is 2. The lowest BCUT2D eigenvalue weighted by Crippen LogP contribution is -2.27. The van der Waals surface area contributed by atoms with Gasteiger partial charge in [-0.25, -0.2) is 9.59 Å². The summed E-state index contributed by atoms with van der Waals surface area (Å²) in [6.07, 6.45) is 7.38. The van der Waals surface area contributed by atoms with Crippen LogP contribution in [-0.4, -0.2) is 30.8 Å². The minimum Gasteiger partial charge on any atom is -0.490 e. The van der Waals surface area contributed by atoms with E-state index in [9.17, 15) is 9.59 Å². The molecule has 1 rings (SSSR count). The molecule has 1 aliphatic rings. The first-order valence-electron chi connectivity index (χ1n) is 8.44. The van der Waals surface area contributed by atoms with Gasteiger partial charge in [0.2, 0.25) is 5.76 Å². The molecular weight excluding hydrogens is 296 g/mol. The zero-order chi connectivity index (χ0) is 17.5. The standard InChI is InChI=1S/C18H30O5/c1-13(16(19)23-18(2,3)4)15(21-5)17(20)22-14-11-9-7-6-8-10-12-14/h14H,6-12H2,1-5H3/b15-13-. The summed E-state index contributed by atoms with van der Waals surface area (Å²) in [6.45, 7) is 6.85. The van der Waals surface area contributed by atoms with Crippen molar-refractivity contribution in [1.29, 1.82) is 0 Å². The summed E-state index contributed by atoms with van der Waals surface area (Å²) in [5.41, 5.74) is -0.487. The molecule has 0 radical (unpaired) electrons. The highest BCUT2D eigenvalue weighted by molar-refractivity contribution is 5.98. The van der Waals surface area contributed by atoms with E-state index in [0.717, 1.165) is 25.7 Å². The Balaban J connectivity index is 2.75. The van der Waals surface area contributed by atoms with Gasteiger partial charge in [0, 0.05) is 0 Å². The average Bonchev–Trinajstić information content (AvgIpc) is 2.40. The molecule has 0 amide bonds. The maximum atomic E-state index is 12.3. The van der Waals surface area contributed by atoms with Crippen molar-refractivity contribution in [3.05, 3.63) is 11.3 Å². The summed E-state index contributed by atoms with van der Waals surface area (Å²) in [4.78, 5) is 24.4. The number of hydrogen-bond acceptors (Lipinski definition) is 5. The lowest BCUT2D eigenvalue weighted by Gasteiger charge is -2.22. The van der Waals surface area contributed by atoms with E-state index in [2.05, 4.69) is 0 Å². The molecule has 0 bridgehead atoms. The zero-order valence-corrected chi connectivity index (χ0v) is 15.1. The van der Waals surface area contributed by atoms with Crippen LogP contribution in [0, 0.1) is 0 Å². The van der Waals surface area contributed by atoms with E-state index in [1.807, 2.05) is 0 Å². The fourth-order valence-electron chi connectivity index (χ4n) is 2.58. The molecule has 5 heteroatoms. The van der Waals surface area contributed by atoms with Gasteiger partial charge in [-0.2, -0.15) is 0 Å². The lowest BCUT2D eigenvalue weighted by molar-refractivity contribution is -0.153. The van der Waals surface area contributed by atoms with Crippen molar-refractivity contribution in [3.8, 4) is 0 Å². The highest BCUT2D eigenvalue weighted by atomic mass is 16.6. The second kappa shape index (κ2) is 8.94. The third-order valence-corrected chi connectivity index (χ3v) is 3.76. The Labute approximate surface area is 139 Å². The monoisotopic (exact) mass is 326 g/mol. The largest absolute Gasteiger partial charge is 0.490 e. The number of esters is 2. The van der Waals surface area contributed by atoms with Gasteiger partial charge in [0.15, 0.2) is 0 Å². The molecule has 0 aromatic carbocycles. The van der Waals surface area contributed by atoms with Crippen LogP contribution in [0.2, 0.25) is 0 Å². The van der Waals surface area contributed by atoms with Crippen LogP contribution in [0.3, 0.4) is 0 Å². The summed E-state index contributed by atoms with van der Waals surface area (Å²) < 4.78 is 15.9. The van der Waals surface area contributed by atoms with Gasteiger partial charge in [0.25, 0.3) is 0 Å². The van der Waals surface area contributed by atoms with E-state index in [4.69, 9.17) is 14.2 Å². The molecule has 0 atom stereocenters. The fourth-order valence-corrected chi connectivity index (χ4v) is 2.58. The molecule has 1 fully saturated rings. The Morgan fingerprint density at radius 1 is 0.913 bits per heavy atom. The second-order valence-electron chi connectivity index (χ2n) is 7.03. The summed E-state index contributed by atoms with van der Waals surface area (Å²) in [5, 5.41) is 0. The van der Waals surface area contributed by atoms with Crippen molar-refractivity contribution in [3.63, 3.8) is 0 Å². The molecule has 0 aromatic rings. The third-order valence-electron chi connectivity index (χ3n) is 3.76. The smallest absolute Gasteiger partial charge is 0.374 e. The number of hydrogen-bond donors (Lipinski definition) is 0. The number of ether oxygens (including phenoxy) is 3. The molecule has 0 unspecified atom stereocenters. The van der Waals surface area contributed by atoms with Gasteiger partial charge >= 0.3 is 11.9 Å². The van der Waals surface area contributed by atoms with Crippen LogP contribution >= 0.6 is 0 Å². The number of carbonyl (C=O) groups is 2. The first-order valence-corrected chi connectivity index (χ1v) is 8.44. The predicted molar refractivity (Wildman–Crippen MR) is 87.8 cm³/mol. The van der Waals surface area contributed by atoms with Crippen molar-refractivity contribution in [2.45, 2.75) is 84.3 Å². The first kappa shape index (κ1) is 19.5. The van der Waals surface area contributed by atoms with E-state index in [0.29, 0.717) is 0 Å². The van der Waals surface area contributed by atoms with Crippen molar-refractivity contribution in [1.82, 2.24) is 0 Å². The van der Waals surface area contributed by atoms with Crippen molar-refractivity contribution in [2.75, 3.05) is 7.11 Å². The van der Waals surface area contributed by atoms with Crippen LogP contribution in [0.5, 0.6) is 0 Å². The topological polar surface area (TPSA) is 61.8 Å². The maximum Gasteiger partial charge on any atom is 0.374 e. The number of rotatable bonds is 4. The molecule has 1 saturated carbocycles. The molecule has 0 spiro atoms. The Kier molecular flexibility index (Phi) is 7.59. The minimum absolute atomic E-state index is 0.0682. The van der Waals surface area contributed by atoms with Gasteiger partial charge < -0.3 is 14.2 Å². The van der Waals surface area contributed by atoms with E-state index in [1.165, 1.54) is 33.3 Å². The molecule has 0 aromatic heterocycles. The van der Waals surface area contributed by atoms with Crippen LogP contribution in [0.25, 0.3) is 0 Å². The first-order chi connectivity index (χ1) is 10.7. The van der Waals surface area contributed by atoms with Gasteiger partial charge in [-0.1, -0.05) is 19.3 Å². The van der Waals surface area contributed by atoms with Gasteiger partial charge in [-0.05, 0) is 53.4 Å². The van der Waals surface area contributed by atoms with Crippen LogP contribution in [-0.2, 0) is 23.8 Å². The molecule has 0 aliphatic heterocycles. The quantitative estimate of drug-likeness (QED) is 0.445. The molecule has 0 heterocycles. The molecule has 1 aliphatic carbocycles. The average molecular weight is 326 g/mol. The van der Waals surface area contributed by atoms with Crippen molar-refractivity contribution in [2.24, 2.45) is 0 Å². The highest BCUT2D eigenvalue weighted by Gasteiger charge is 2.26. The molecule has 5 nitrogen and oxygen atoms in total. The van der Waals surface area contributed by atoms with Gasteiger partial charge in [-0.3, -0.25) is 0 Å². The zero-order valence-electron chi connectivity index (χ0n) is 15.1. The van der Waals surface area contributed by atoms with E-state index >= 15 is 0 Å². The third kappa shape index (κ3) is 7.06. The van der Waals surface area contributed by atoms with E-state index in [1.54, 1.807) is 20.8 Å². The molecule has 0 N–H and O–H groups in total. The Morgan fingerprint density at radius 3 is 1.91 bits per heavy atom. The predicted octanol–water partition coefficient (Wildman–Crippen LogP) is 3.90. The number of methoxy groups -OCH3 is 1. The van der Waals surface area contributed by atoms with Crippen molar-refractivity contribution < 1.29 is 23.8 Å². The van der Waals surface area contributed by atoms with Gasteiger partial charge in [0.1, 0.15) is 11.7 Å². The molecule has 23 heavy (non-hydrogen) atoms. The maximum absolute atomic E-state index is 12.3. The van der Waals surface area contributed by atoms with Crippen LogP contribution in [0.4, 0.5) is 0 Å².